The maximum Gasteiger partial charge on any atom is 0.161 e. The fourth-order valence-electron chi connectivity index (χ4n) is 11.9. The Morgan fingerprint density at radius 1 is 0.324 bits per heavy atom. The summed E-state index contributed by atoms with van der Waals surface area (Å²) in [6.45, 7) is 6.10. The van der Waals surface area contributed by atoms with Crippen molar-refractivity contribution in [3.63, 3.8) is 0 Å². The second-order valence-corrected chi connectivity index (χ2v) is 19.0. The van der Waals surface area contributed by atoms with Crippen molar-refractivity contribution >= 4 is 10.8 Å². The molecule has 0 aromatic heterocycles. The molecule has 7 aromatic carbocycles. The van der Waals surface area contributed by atoms with Gasteiger partial charge in [0.05, 0.1) is 66.1 Å². The Labute approximate surface area is 432 Å². The van der Waals surface area contributed by atoms with Gasteiger partial charge in [-0.3, -0.25) is 0 Å². The van der Waals surface area contributed by atoms with Crippen LogP contribution in [0.15, 0.2) is 121 Å². The molecule has 0 amide bonds. The third-order valence-corrected chi connectivity index (χ3v) is 14.9. The summed E-state index contributed by atoms with van der Waals surface area (Å²) in [7, 11) is 3.45. The number of ether oxygens (including phenoxy) is 12. The topological polar surface area (TPSA) is 111 Å². The van der Waals surface area contributed by atoms with Crippen molar-refractivity contribution in [1.29, 1.82) is 0 Å². The molecule has 0 radical (unpaired) electrons. The number of hydrogen-bond donors (Lipinski definition) is 0. The van der Waals surface area contributed by atoms with E-state index in [0.717, 1.165) is 44.5 Å². The summed E-state index contributed by atoms with van der Waals surface area (Å²) in [5.74, 6) is 3.87. The maximum absolute atomic E-state index is 7.20. The Balaban J connectivity index is 0.888. The van der Waals surface area contributed by atoms with Crippen LogP contribution in [-0.2, 0) is 28.4 Å². The van der Waals surface area contributed by atoms with Crippen LogP contribution >= 0.6 is 0 Å². The van der Waals surface area contributed by atoms with Crippen molar-refractivity contribution in [1.82, 2.24) is 0 Å². The van der Waals surface area contributed by atoms with Crippen molar-refractivity contribution in [3.05, 3.63) is 188 Å². The second-order valence-electron chi connectivity index (χ2n) is 19.0. The van der Waals surface area contributed by atoms with Crippen LogP contribution in [0.5, 0.6) is 34.5 Å². The number of fused-ring (bicyclic) bond motifs is 3. The fourth-order valence-corrected chi connectivity index (χ4v) is 11.9. The SMILES string of the molecule is COCCOc1c2c(c(OCCOC)c3c1C1c4ccccc4C3c3cc4c(cc31)OCCOCCOCCOc1cc3ccccc3cc1OCCOCCOCCO4)C1c3ccccc3C2c2ccccc21. The standard InChI is InChI=1S/C62H62O12/c1-63-19-29-73-61-57-53-41-13-5-7-15-43(41)54(44-16-8-6-14-42(44)53)58(57)62(74-30-20-64-2)60-56-46-18-10-9-17-45(46)55(59(60)61)47-37-51-52(38-48(47)56)72-34-28-68-24-22-66-26-32-70-50-36-40-12-4-3-11-39(40)35-49(50)69-31-25-65-21-23-67-27-33-71-51/h3-18,35-38,53-56H,19-34H2,1-2H3. The van der Waals surface area contributed by atoms with E-state index in [1.807, 2.05) is 24.3 Å². The van der Waals surface area contributed by atoms with E-state index in [2.05, 4.69) is 97.1 Å². The lowest BCUT2D eigenvalue weighted by Crippen LogP contribution is -2.34. The van der Waals surface area contributed by atoms with Crippen molar-refractivity contribution in [2.45, 2.75) is 23.7 Å². The van der Waals surface area contributed by atoms with Crippen molar-refractivity contribution in [3.8, 4) is 34.5 Å². The Hall–Kier alpha value is -6.64. The van der Waals surface area contributed by atoms with Gasteiger partial charge in [0.25, 0.3) is 0 Å². The molecule has 7 aliphatic rings. The molecular weight excluding hydrogens is 937 g/mol. The predicted molar refractivity (Wildman–Crippen MR) is 280 cm³/mol. The summed E-state index contributed by atoms with van der Waals surface area (Å²) < 4.78 is 75.4. The summed E-state index contributed by atoms with van der Waals surface area (Å²) in [5.41, 5.74) is 14.6. The van der Waals surface area contributed by atoms with E-state index in [4.69, 9.17) is 56.8 Å². The van der Waals surface area contributed by atoms with E-state index in [-0.39, 0.29) is 23.7 Å². The van der Waals surface area contributed by atoms with Crippen LogP contribution in [-0.4, -0.2) is 120 Å². The highest BCUT2D eigenvalue weighted by Crippen LogP contribution is 2.68. The van der Waals surface area contributed by atoms with Gasteiger partial charge in [0.15, 0.2) is 23.0 Å². The smallest absolute Gasteiger partial charge is 0.161 e. The monoisotopic (exact) mass is 998 g/mol. The number of rotatable bonds is 8. The molecule has 12 heteroatoms. The van der Waals surface area contributed by atoms with E-state index in [1.54, 1.807) is 14.2 Å². The molecule has 382 valence electrons. The van der Waals surface area contributed by atoms with E-state index in [0.29, 0.717) is 129 Å². The van der Waals surface area contributed by atoms with Crippen molar-refractivity contribution < 1.29 is 56.8 Å². The van der Waals surface area contributed by atoms with Crippen LogP contribution in [0.1, 0.15) is 90.4 Å². The summed E-state index contributed by atoms with van der Waals surface area (Å²) in [6, 6.07) is 43.2. The highest BCUT2D eigenvalue weighted by atomic mass is 16.6. The third kappa shape index (κ3) is 9.01. The summed E-state index contributed by atoms with van der Waals surface area (Å²) in [5, 5.41) is 2.14. The number of benzene rings is 7. The van der Waals surface area contributed by atoms with Gasteiger partial charge in [-0.25, -0.2) is 0 Å². The van der Waals surface area contributed by atoms with Crippen LogP contribution < -0.4 is 28.4 Å². The van der Waals surface area contributed by atoms with Gasteiger partial charge in [-0.15, -0.1) is 0 Å². The zero-order valence-electron chi connectivity index (χ0n) is 42.1. The van der Waals surface area contributed by atoms with E-state index in [1.165, 1.54) is 44.5 Å². The van der Waals surface area contributed by atoms with Crippen molar-refractivity contribution in [2.24, 2.45) is 0 Å². The van der Waals surface area contributed by atoms with Gasteiger partial charge in [-0.2, -0.15) is 0 Å². The van der Waals surface area contributed by atoms with Gasteiger partial charge in [0, 0.05) is 60.1 Å². The molecule has 7 aromatic rings. The second kappa shape index (κ2) is 22.1. The summed E-state index contributed by atoms with van der Waals surface area (Å²) in [4.78, 5) is 0. The first-order valence-electron chi connectivity index (χ1n) is 26.0. The predicted octanol–water partition coefficient (Wildman–Crippen LogP) is 10.2. The Morgan fingerprint density at radius 2 is 0.595 bits per heavy atom. The van der Waals surface area contributed by atoms with Crippen LogP contribution in [0.3, 0.4) is 0 Å². The molecule has 2 atom stereocenters. The molecule has 0 spiro atoms. The summed E-state index contributed by atoms with van der Waals surface area (Å²) in [6.07, 6.45) is 0. The van der Waals surface area contributed by atoms with Gasteiger partial charge in [-0.05, 0) is 79.5 Å². The van der Waals surface area contributed by atoms with Crippen LogP contribution in [0.4, 0.5) is 0 Å². The Morgan fingerprint density at radius 3 is 0.905 bits per heavy atom. The molecule has 0 N–H and O–H groups in total. The zero-order valence-corrected chi connectivity index (χ0v) is 42.1. The van der Waals surface area contributed by atoms with Gasteiger partial charge in [-0.1, -0.05) is 97.1 Å². The minimum Gasteiger partial charge on any atom is -0.491 e. The average Bonchev–Trinajstić information content (AvgIpc) is 3.56. The van der Waals surface area contributed by atoms with Gasteiger partial charge in [0.1, 0.15) is 51.1 Å². The molecule has 1 heterocycles. The average molecular weight is 999 g/mol. The van der Waals surface area contributed by atoms with Crippen LogP contribution in [0.2, 0.25) is 0 Å². The molecule has 74 heavy (non-hydrogen) atoms. The Kier molecular flexibility index (Phi) is 14.4. The lowest BCUT2D eigenvalue weighted by Gasteiger charge is -2.49. The molecule has 2 unspecified atom stereocenters. The minimum atomic E-state index is -0.213. The first kappa shape index (κ1) is 48.3. The molecule has 0 fully saturated rings. The fraction of sp³-hybridized carbons (Fsp3) is 0.355. The highest BCUT2D eigenvalue weighted by molar-refractivity contribution is 5.86. The van der Waals surface area contributed by atoms with E-state index < -0.39 is 0 Å². The molecule has 12 nitrogen and oxygen atoms in total. The van der Waals surface area contributed by atoms with Gasteiger partial charge < -0.3 is 56.8 Å². The number of hydrogen-bond acceptors (Lipinski definition) is 12. The quantitative estimate of drug-likeness (QED) is 0.135. The van der Waals surface area contributed by atoms with Gasteiger partial charge >= 0.3 is 0 Å². The molecule has 0 saturated carbocycles. The normalized spacial score (nSPS) is 20.2. The molecule has 1 aliphatic heterocycles. The maximum atomic E-state index is 7.20. The minimum absolute atomic E-state index is 0.0641. The number of methoxy groups -OCH3 is 2. The summed E-state index contributed by atoms with van der Waals surface area (Å²) >= 11 is 0. The highest BCUT2D eigenvalue weighted by Gasteiger charge is 2.52. The molecule has 6 aliphatic carbocycles. The third-order valence-electron chi connectivity index (χ3n) is 14.9. The van der Waals surface area contributed by atoms with E-state index in [9.17, 15) is 0 Å². The molecule has 14 rings (SSSR count). The van der Waals surface area contributed by atoms with E-state index >= 15 is 0 Å². The molecule has 4 bridgehead atoms. The lowest BCUT2D eigenvalue weighted by atomic mass is 9.55. The first-order chi connectivity index (χ1) is 36.7. The van der Waals surface area contributed by atoms with Crippen molar-refractivity contribution in [2.75, 3.05) is 120 Å². The lowest BCUT2D eigenvalue weighted by molar-refractivity contribution is 0.0223. The molecular formula is C62H62O12. The Bertz CT molecular complexity index is 2880. The first-order valence-corrected chi connectivity index (χ1v) is 26.0. The van der Waals surface area contributed by atoms with Crippen LogP contribution in [0, 0.1) is 0 Å². The molecule has 0 saturated heterocycles. The van der Waals surface area contributed by atoms with Crippen LogP contribution in [0.25, 0.3) is 10.8 Å². The zero-order chi connectivity index (χ0) is 49.8. The van der Waals surface area contributed by atoms with Gasteiger partial charge in [0.2, 0.25) is 0 Å². The largest absolute Gasteiger partial charge is 0.491 e.